The topological polar surface area (TPSA) is 36.7 Å². The van der Waals surface area contributed by atoms with Gasteiger partial charge in [-0.25, -0.2) is 0 Å². The number of nitrogens with zero attached hydrogens (tertiary/aromatic N) is 2. The van der Waals surface area contributed by atoms with Gasteiger partial charge in [-0.05, 0) is 27.0 Å². The number of furan rings is 1. The van der Waals surface area contributed by atoms with Gasteiger partial charge in [0.15, 0.2) is 5.78 Å². The average molecular weight is 236 g/mol. The van der Waals surface area contributed by atoms with E-state index >= 15 is 0 Å². The van der Waals surface area contributed by atoms with Gasteiger partial charge in [0.1, 0.15) is 11.5 Å². The summed E-state index contributed by atoms with van der Waals surface area (Å²) in [6, 6.07) is 1.84. The van der Waals surface area contributed by atoms with Crippen molar-refractivity contribution in [3.8, 4) is 0 Å². The lowest BCUT2D eigenvalue weighted by molar-refractivity contribution is 0.0875. The summed E-state index contributed by atoms with van der Waals surface area (Å²) in [5.41, 5.74) is 0.737. The molecule has 1 aliphatic heterocycles. The summed E-state index contributed by atoms with van der Waals surface area (Å²) in [5, 5.41) is 0. The standard InChI is InChI=1S/C13H20N2O2/c1-10-8-12(11(2)17-10)13(16)9-15-6-4-14(3)5-7-15/h8H,4-7,9H2,1-3H3. The Balaban J connectivity index is 1.95. The molecule has 0 radical (unpaired) electrons. The monoisotopic (exact) mass is 236 g/mol. The van der Waals surface area contributed by atoms with Gasteiger partial charge >= 0.3 is 0 Å². The lowest BCUT2D eigenvalue weighted by Gasteiger charge is -2.31. The number of hydrogen-bond donors (Lipinski definition) is 0. The highest BCUT2D eigenvalue weighted by molar-refractivity contribution is 5.98. The van der Waals surface area contributed by atoms with E-state index in [4.69, 9.17) is 4.42 Å². The summed E-state index contributed by atoms with van der Waals surface area (Å²) >= 11 is 0. The van der Waals surface area contributed by atoms with Crippen LogP contribution in [0.15, 0.2) is 10.5 Å². The van der Waals surface area contributed by atoms with Crippen LogP contribution in [-0.2, 0) is 0 Å². The zero-order valence-electron chi connectivity index (χ0n) is 10.8. The van der Waals surface area contributed by atoms with E-state index in [1.807, 2.05) is 19.9 Å². The van der Waals surface area contributed by atoms with Gasteiger partial charge in [0.05, 0.1) is 12.1 Å². The molecule has 2 heterocycles. The molecule has 4 nitrogen and oxygen atoms in total. The number of rotatable bonds is 3. The number of aryl methyl sites for hydroxylation is 2. The third kappa shape index (κ3) is 2.96. The van der Waals surface area contributed by atoms with Crippen LogP contribution >= 0.6 is 0 Å². The molecule has 17 heavy (non-hydrogen) atoms. The summed E-state index contributed by atoms with van der Waals surface area (Å²) in [4.78, 5) is 16.6. The van der Waals surface area contributed by atoms with Crippen molar-refractivity contribution in [2.75, 3.05) is 39.8 Å². The summed E-state index contributed by atoms with van der Waals surface area (Å²) in [6.07, 6.45) is 0. The van der Waals surface area contributed by atoms with Crippen LogP contribution in [-0.4, -0.2) is 55.4 Å². The molecular weight excluding hydrogens is 216 g/mol. The third-order valence-electron chi connectivity index (χ3n) is 3.30. The van der Waals surface area contributed by atoms with E-state index in [0.717, 1.165) is 43.3 Å². The van der Waals surface area contributed by atoms with Crippen LogP contribution in [0.2, 0.25) is 0 Å². The molecule has 0 amide bonds. The predicted molar refractivity (Wildman–Crippen MR) is 66.4 cm³/mol. The molecule has 0 atom stereocenters. The Kier molecular flexibility index (Phi) is 3.64. The van der Waals surface area contributed by atoms with E-state index in [1.165, 1.54) is 0 Å². The van der Waals surface area contributed by atoms with Gasteiger partial charge in [0.2, 0.25) is 0 Å². The molecule has 1 aromatic heterocycles. The Labute approximate surface area is 102 Å². The second kappa shape index (κ2) is 5.02. The smallest absolute Gasteiger partial charge is 0.180 e. The van der Waals surface area contributed by atoms with Crippen LogP contribution in [0.4, 0.5) is 0 Å². The fourth-order valence-electron chi connectivity index (χ4n) is 2.20. The number of carbonyl (C=O) groups is 1. The molecule has 0 spiro atoms. The molecule has 0 saturated carbocycles. The van der Waals surface area contributed by atoms with Gasteiger partial charge in [0.25, 0.3) is 0 Å². The first-order chi connectivity index (χ1) is 8.06. The van der Waals surface area contributed by atoms with Gasteiger partial charge in [-0.1, -0.05) is 0 Å². The van der Waals surface area contributed by atoms with Crippen molar-refractivity contribution in [2.45, 2.75) is 13.8 Å². The SMILES string of the molecule is Cc1cc(C(=O)CN2CCN(C)CC2)c(C)o1. The van der Waals surface area contributed by atoms with Crippen LogP contribution < -0.4 is 0 Å². The second-order valence-electron chi connectivity index (χ2n) is 4.83. The maximum Gasteiger partial charge on any atom is 0.180 e. The lowest BCUT2D eigenvalue weighted by Crippen LogP contribution is -2.46. The van der Waals surface area contributed by atoms with E-state index in [1.54, 1.807) is 0 Å². The molecule has 0 bridgehead atoms. The highest BCUT2D eigenvalue weighted by atomic mass is 16.3. The Morgan fingerprint density at radius 3 is 2.47 bits per heavy atom. The second-order valence-corrected chi connectivity index (χ2v) is 4.83. The van der Waals surface area contributed by atoms with Crippen molar-refractivity contribution in [3.05, 3.63) is 23.2 Å². The first kappa shape index (κ1) is 12.3. The minimum Gasteiger partial charge on any atom is -0.466 e. The fourth-order valence-corrected chi connectivity index (χ4v) is 2.20. The number of Topliss-reactive ketones (excluding diaryl/α,β-unsaturated/α-hetero) is 1. The van der Waals surface area contributed by atoms with Crippen LogP contribution in [0.3, 0.4) is 0 Å². The highest BCUT2D eigenvalue weighted by Gasteiger charge is 2.19. The fraction of sp³-hybridized carbons (Fsp3) is 0.615. The van der Waals surface area contributed by atoms with Gasteiger partial charge in [-0.3, -0.25) is 9.69 Å². The largest absolute Gasteiger partial charge is 0.466 e. The first-order valence-electron chi connectivity index (χ1n) is 6.07. The molecule has 1 aliphatic rings. The number of carbonyl (C=O) groups excluding carboxylic acids is 1. The van der Waals surface area contributed by atoms with Gasteiger partial charge in [0, 0.05) is 26.2 Å². The number of piperazine rings is 1. The molecule has 0 unspecified atom stereocenters. The third-order valence-corrected chi connectivity index (χ3v) is 3.30. The zero-order valence-corrected chi connectivity index (χ0v) is 10.8. The Hall–Kier alpha value is -1.13. The summed E-state index contributed by atoms with van der Waals surface area (Å²) < 4.78 is 5.39. The maximum absolute atomic E-state index is 12.1. The van der Waals surface area contributed by atoms with Crippen molar-refractivity contribution in [2.24, 2.45) is 0 Å². The maximum atomic E-state index is 12.1. The molecule has 0 aliphatic carbocycles. The summed E-state index contributed by atoms with van der Waals surface area (Å²) in [6.45, 7) is 8.25. The Morgan fingerprint density at radius 2 is 1.94 bits per heavy atom. The number of likely N-dealkylation sites (N-methyl/N-ethyl adjacent to an activating group) is 1. The van der Waals surface area contributed by atoms with Crippen molar-refractivity contribution < 1.29 is 9.21 Å². The van der Waals surface area contributed by atoms with Gasteiger partial charge < -0.3 is 9.32 Å². The van der Waals surface area contributed by atoms with Crippen LogP contribution in [0.25, 0.3) is 0 Å². The normalized spacial score (nSPS) is 18.5. The predicted octanol–water partition coefficient (Wildman–Crippen LogP) is 1.33. The Morgan fingerprint density at radius 1 is 1.29 bits per heavy atom. The molecule has 94 valence electrons. The van der Waals surface area contributed by atoms with Gasteiger partial charge in [-0.15, -0.1) is 0 Å². The lowest BCUT2D eigenvalue weighted by atomic mass is 10.1. The molecule has 2 rings (SSSR count). The highest BCUT2D eigenvalue weighted by Crippen LogP contribution is 2.15. The van der Waals surface area contributed by atoms with Crippen LogP contribution in [0.5, 0.6) is 0 Å². The van der Waals surface area contributed by atoms with Crippen molar-refractivity contribution in [1.82, 2.24) is 9.80 Å². The Bertz CT molecular complexity index is 404. The summed E-state index contributed by atoms with van der Waals surface area (Å²) in [5.74, 6) is 1.72. The van der Waals surface area contributed by atoms with Crippen molar-refractivity contribution >= 4 is 5.78 Å². The van der Waals surface area contributed by atoms with Crippen molar-refractivity contribution in [3.63, 3.8) is 0 Å². The molecule has 4 heteroatoms. The van der Waals surface area contributed by atoms with E-state index in [9.17, 15) is 4.79 Å². The van der Waals surface area contributed by atoms with E-state index in [-0.39, 0.29) is 5.78 Å². The van der Waals surface area contributed by atoms with Gasteiger partial charge in [-0.2, -0.15) is 0 Å². The molecule has 1 aromatic rings. The number of hydrogen-bond acceptors (Lipinski definition) is 4. The van der Waals surface area contributed by atoms with E-state index < -0.39 is 0 Å². The molecule has 0 N–H and O–H groups in total. The average Bonchev–Trinajstić information content (AvgIpc) is 2.61. The van der Waals surface area contributed by atoms with E-state index in [0.29, 0.717) is 6.54 Å². The minimum atomic E-state index is 0.170. The minimum absolute atomic E-state index is 0.170. The molecular formula is C13H20N2O2. The molecule has 1 fully saturated rings. The van der Waals surface area contributed by atoms with Crippen LogP contribution in [0, 0.1) is 13.8 Å². The zero-order chi connectivity index (χ0) is 12.4. The summed E-state index contributed by atoms with van der Waals surface area (Å²) in [7, 11) is 2.11. The first-order valence-corrected chi connectivity index (χ1v) is 6.07. The van der Waals surface area contributed by atoms with E-state index in [2.05, 4.69) is 16.8 Å². The molecule has 1 saturated heterocycles. The van der Waals surface area contributed by atoms with Crippen LogP contribution in [0.1, 0.15) is 21.9 Å². The van der Waals surface area contributed by atoms with Crippen molar-refractivity contribution in [1.29, 1.82) is 0 Å². The quantitative estimate of drug-likeness (QED) is 0.742. The number of ketones is 1. The molecule has 0 aromatic carbocycles.